The zero-order valence-electron chi connectivity index (χ0n) is 13.1. The van der Waals surface area contributed by atoms with Crippen LogP contribution >= 0.6 is 12.4 Å². The van der Waals surface area contributed by atoms with Gasteiger partial charge in [0, 0.05) is 19.1 Å². The van der Waals surface area contributed by atoms with Crippen LogP contribution in [0.15, 0.2) is 30.6 Å². The Hall–Kier alpha value is -2.18. The van der Waals surface area contributed by atoms with Gasteiger partial charge in [0.15, 0.2) is 11.6 Å². The third-order valence-corrected chi connectivity index (χ3v) is 4.02. The van der Waals surface area contributed by atoms with Crippen molar-refractivity contribution in [3.8, 4) is 17.1 Å². The van der Waals surface area contributed by atoms with Crippen molar-refractivity contribution >= 4 is 12.4 Å². The summed E-state index contributed by atoms with van der Waals surface area (Å²) in [4.78, 5) is 9.17. The third-order valence-electron chi connectivity index (χ3n) is 4.02. The second-order valence-electron chi connectivity index (χ2n) is 5.42. The Morgan fingerprint density at radius 3 is 2.91 bits per heavy atom. The molecule has 2 aromatic heterocycles. The number of halogens is 1. The number of aromatic nitrogens is 5. The van der Waals surface area contributed by atoms with Crippen molar-refractivity contribution in [2.24, 2.45) is 0 Å². The van der Waals surface area contributed by atoms with Gasteiger partial charge in [0.05, 0.1) is 36.6 Å². The molecule has 0 spiro atoms. The summed E-state index contributed by atoms with van der Waals surface area (Å²) in [5, 5.41) is 4.65. The fraction of sp³-hybridized carbons (Fsp3) is 0.312. The first-order valence-corrected chi connectivity index (χ1v) is 7.33. The maximum atomic E-state index is 5.13. The van der Waals surface area contributed by atoms with Gasteiger partial charge < -0.3 is 9.30 Å². The van der Waals surface area contributed by atoms with Gasteiger partial charge in [-0.3, -0.25) is 0 Å². The molecule has 3 heterocycles. The largest absolute Gasteiger partial charge is 0.384 e. The summed E-state index contributed by atoms with van der Waals surface area (Å²) in [6, 6.07) is 8.25. The second kappa shape index (κ2) is 6.14. The minimum absolute atomic E-state index is 0. The van der Waals surface area contributed by atoms with Crippen molar-refractivity contribution in [3.63, 3.8) is 0 Å². The van der Waals surface area contributed by atoms with E-state index in [1.54, 1.807) is 7.11 Å². The normalized spacial score (nSPS) is 11.9. The van der Waals surface area contributed by atoms with Crippen molar-refractivity contribution in [2.75, 3.05) is 13.7 Å². The van der Waals surface area contributed by atoms with Gasteiger partial charge in [0.25, 0.3) is 0 Å². The van der Waals surface area contributed by atoms with Crippen molar-refractivity contribution in [1.29, 1.82) is 0 Å². The monoisotopic (exact) mass is 331 g/mol. The number of para-hydroxylation sites is 1. The molecule has 0 saturated heterocycles. The van der Waals surface area contributed by atoms with E-state index >= 15 is 0 Å². The number of benzene rings is 1. The van der Waals surface area contributed by atoms with Crippen LogP contribution in [0.1, 0.15) is 17.2 Å². The van der Waals surface area contributed by atoms with Crippen LogP contribution < -0.4 is 0 Å². The summed E-state index contributed by atoms with van der Waals surface area (Å²) >= 11 is 0. The first-order valence-electron chi connectivity index (χ1n) is 7.33. The lowest BCUT2D eigenvalue weighted by Gasteiger charge is -2.07. The third kappa shape index (κ3) is 2.54. The number of imidazole rings is 1. The van der Waals surface area contributed by atoms with Gasteiger partial charge in [-0.05, 0) is 19.1 Å². The Labute approximate surface area is 140 Å². The highest BCUT2D eigenvalue weighted by molar-refractivity contribution is 5.85. The van der Waals surface area contributed by atoms with E-state index in [9.17, 15) is 0 Å². The van der Waals surface area contributed by atoms with Gasteiger partial charge in [-0.15, -0.1) is 12.4 Å². The van der Waals surface area contributed by atoms with E-state index in [0.717, 1.165) is 40.7 Å². The Bertz CT molecular complexity index is 839. The smallest absolute Gasteiger partial charge is 0.160 e. The van der Waals surface area contributed by atoms with Crippen LogP contribution in [0.4, 0.5) is 0 Å². The molecule has 7 heteroatoms. The molecule has 0 aliphatic carbocycles. The first kappa shape index (κ1) is 15.7. The highest BCUT2D eigenvalue weighted by Gasteiger charge is 2.23. The predicted octanol–water partition coefficient (Wildman–Crippen LogP) is 2.41. The molecule has 1 aliphatic rings. The molecular formula is C16H18ClN5O. The number of fused-ring (bicyclic) bond motifs is 5. The number of nitrogens with zero attached hydrogens (tertiary/aromatic N) is 5. The number of rotatable bonds is 3. The molecule has 0 radical (unpaired) electrons. The fourth-order valence-electron chi connectivity index (χ4n) is 2.87. The van der Waals surface area contributed by atoms with E-state index in [1.165, 1.54) is 0 Å². The topological polar surface area (TPSA) is 57.8 Å². The van der Waals surface area contributed by atoms with E-state index < -0.39 is 0 Å². The summed E-state index contributed by atoms with van der Waals surface area (Å²) in [6.07, 6.45) is 2.60. The molecule has 4 rings (SSSR count). The summed E-state index contributed by atoms with van der Waals surface area (Å²) in [5.74, 6) is 1.72. The average Bonchev–Trinajstić information content (AvgIpc) is 3.07. The molecule has 3 aromatic rings. The standard InChI is InChI=1S/C16H17N5O.ClH/c1-11-14-9-21-16(18-15(19-21)7-8-22-2)12-5-3-4-6-13(12)20(14)10-17-11;/h3-6,10H,7-9H2,1-2H3;1H. The van der Waals surface area contributed by atoms with Crippen molar-refractivity contribution in [1.82, 2.24) is 24.3 Å². The molecule has 1 aromatic carbocycles. The molecule has 0 unspecified atom stereocenters. The minimum atomic E-state index is 0. The molecule has 0 fully saturated rings. The molecule has 0 saturated carbocycles. The number of methoxy groups -OCH3 is 1. The minimum Gasteiger partial charge on any atom is -0.384 e. The second-order valence-corrected chi connectivity index (χ2v) is 5.42. The summed E-state index contributed by atoms with van der Waals surface area (Å²) in [7, 11) is 1.69. The lowest BCUT2D eigenvalue weighted by atomic mass is 10.1. The van der Waals surface area contributed by atoms with Crippen LogP contribution in [-0.4, -0.2) is 38.0 Å². The van der Waals surface area contributed by atoms with E-state index in [0.29, 0.717) is 13.2 Å². The molecule has 6 nitrogen and oxygen atoms in total. The van der Waals surface area contributed by atoms with Gasteiger partial charge in [0.1, 0.15) is 0 Å². The van der Waals surface area contributed by atoms with E-state index in [-0.39, 0.29) is 12.4 Å². The zero-order chi connectivity index (χ0) is 15.1. The van der Waals surface area contributed by atoms with E-state index in [2.05, 4.69) is 26.8 Å². The van der Waals surface area contributed by atoms with Crippen LogP contribution in [-0.2, 0) is 17.7 Å². The number of ether oxygens (including phenoxy) is 1. The Kier molecular flexibility index (Phi) is 4.19. The van der Waals surface area contributed by atoms with Crippen LogP contribution in [0, 0.1) is 6.92 Å². The molecule has 1 aliphatic heterocycles. The average molecular weight is 332 g/mol. The predicted molar refractivity (Wildman–Crippen MR) is 89.2 cm³/mol. The number of hydrogen-bond donors (Lipinski definition) is 0. The van der Waals surface area contributed by atoms with E-state index in [1.807, 2.05) is 30.1 Å². The van der Waals surface area contributed by atoms with Gasteiger partial charge in [0.2, 0.25) is 0 Å². The molecule has 23 heavy (non-hydrogen) atoms. The number of hydrogen-bond acceptors (Lipinski definition) is 4. The molecule has 0 atom stereocenters. The van der Waals surface area contributed by atoms with Crippen LogP contribution in [0.5, 0.6) is 0 Å². The quantitative estimate of drug-likeness (QED) is 0.578. The maximum absolute atomic E-state index is 5.13. The summed E-state index contributed by atoms with van der Waals surface area (Å²) < 4.78 is 9.24. The molecular weight excluding hydrogens is 314 g/mol. The lowest BCUT2D eigenvalue weighted by molar-refractivity contribution is 0.200. The van der Waals surface area contributed by atoms with Crippen LogP contribution in [0.2, 0.25) is 0 Å². The van der Waals surface area contributed by atoms with Gasteiger partial charge in [-0.2, -0.15) is 5.10 Å². The molecule has 0 N–H and O–H groups in total. The van der Waals surface area contributed by atoms with Crippen LogP contribution in [0.25, 0.3) is 17.1 Å². The summed E-state index contributed by atoms with van der Waals surface area (Å²) in [5.41, 5.74) is 4.35. The Morgan fingerprint density at radius 1 is 1.26 bits per heavy atom. The first-order chi connectivity index (χ1) is 10.8. The maximum Gasteiger partial charge on any atom is 0.160 e. The van der Waals surface area contributed by atoms with Crippen molar-refractivity contribution in [2.45, 2.75) is 19.9 Å². The molecule has 0 bridgehead atoms. The SMILES string of the molecule is COCCc1nc2n(n1)Cc1c(C)ncn1-c1ccccc1-2.Cl. The Morgan fingerprint density at radius 2 is 2.09 bits per heavy atom. The fourth-order valence-corrected chi connectivity index (χ4v) is 2.87. The van der Waals surface area contributed by atoms with Crippen molar-refractivity contribution in [3.05, 3.63) is 47.8 Å². The van der Waals surface area contributed by atoms with Gasteiger partial charge in [-0.1, -0.05) is 12.1 Å². The lowest BCUT2D eigenvalue weighted by Crippen LogP contribution is -2.06. The van der Waals surface area contributed by atoms with Crippen LogP contribution in [0.3, 0.4) is 0 Å². The molecule has 120 valence electrons. The van der Waals surface area contributed by atoms with Crippen molar-refractivity contribution < 1.29 is 4.74 Å². The number of aryl methyl sites for hydroxylation is 1. The van der Waals surface area contributed by atoms with E-state index in [4.69, 9.17) is 9.72 Å². The molecule has 0 amide bonds. The van der Waals surface area contributed by atoms with Gasteiger partial charge in [-0.25, -0.2) is 14.6 Å². The highest BCUT2D eigenvalue weighted by atomic mass is 35.5. The zero-order valence-corrected chi connectivity index (χ0v) is 13.9. The Balaban J connectivity index is 0.00000156. The summed E-state index contributed by atoms with van der Waals surface area (Å²) in [6.45, 7) is 3.33. The highest BCUT2D eigenvalue weighted by Crippen LogP contribution is 2.31. The van der Waals surface area contributed by atoms with Gasteiger partial charge >= 0.3 is 0 Å².